The summed E-state index contributed by atoms with van der Waals surface area (Å²) in [5, 5.41) is 13.8. The van der Waals surface area contributed by atoms with E-state index in [2.05, 4.69) is 45.5 Å². The van der Waals surface area contributed by atoms with Gasteiger partial charge in [-0.15, -0.1) is 5.10 Å². The number of Topliss-reactive ketones (excluding diaryl/α,β-unsaturated/α-hetero) is 1. The van der Waals surface area contributed by atoms with Crippen LogP contribution in [0.4, 0.5) is 5.82 Å². The minimum absolute atomic E-state index is 0.00340. The molecule has 1 N–H and O–H groups in total. The van der Waals surface area contributed by atoms with Gasteiger partial charge in [0, 0.05) is 47.3 Å². The molecular weight excluding hydrogens is 388 g/mol. The Morgan fingerprint density at radius 1 is 1.16 bits per heavy atom. The third kappa shape index (κ3) is 3.17. The number of anilines is 1. The summed E-state index contributed by atoms with van der Waals surface area (Å²) in [5.41, 5.74) is 3.93. The minimum atomic E-state index is -0.00340. The van der Waals surface area contributed by atoms with Crippen LogP contribution in [-0.4, -0.2) is 40.5 Å². The third-order valence-corrected chi connectivity index (χ3v) is 6.94. The van der Waals surface area contributed by atoms with Gasteiger partial charge >= 0.3 is 0 Å². The molecule has 3 aromatic rings. The average Bonchev–Trinajstić information content (AvgIpc) is 3.39. The van der Waals surface area contributed by atoms with E-state index in [-0.39, 0.29) is 17.9 Å². The molecule has 2 aromatic carbocycles. The highest BCUT2D eigenvalue weighted by atomic mass is 16.1. The zero-order valence-corrected chi connectivity index (χ0v) is 17.5. The molecule has 0 spiro atoms. The third-order valence-electron chi connectivity index (χ3n) is 6.94. The molecule has 31 heavy (non-hydrogen) atoms. The van der Waals surface area contributed by atoms with Crippen molar-refractivity contribution >= 4 is 28.3 Å². The molecule has 2 atom stereocenters. The van der Waals surface area contributed by atoms with Crippen molar-refractivity contribution in [2.75, 3.05) is 11.4 Å². The molecule has 2 bridgehead atoms. The lowest BCUT2D eigenvalue weighted by Gasteiger charge is -2.28. The molecule has 156 valence electrons. The van der Waals surface area contributed by atoms with Gasteiger partial charge in [-0.1, -0.05) is 12.1 Å². The van der Waals surface area contributed by atoms with Gasteiger partial charge < -0.3 is 10.2 Å². The van der Waals surface area contributed by atoms with Gasteiger partial charge in [-0.2, -0.15) is 5.10 Å². The number of carbonyl (C=O) groups is 2. The highest BCUT2D eigenvalue weighted by Crippen LogP contribution is 2.40. The summed E-state index contributed by atoms with van der Waals surface area (Å²) in [5.74, 6) is 1.40. The van der Waals surface area contributed by atoms with Gasteiger partial charge in [0.05, 0.1) is 6.20 Å². The smallest absolute Gasteiger partial charge is 0.251 e. The Kier molecular flexibility index (Phi) is 4.10. The second-order valence-electron chi connectivity index (χ2n) is 9.16. The van der Waals surface area contributed by atoms with Crippen LogP contribution in [0.15, 0.2) is 42.6 Å². The molecule has 6 rings (SSSR count). The van der Waals surface area contributed by atoms with Crippen molar-refractivity contribution in [2.24, 2.45) is 5.92 Å². The van der Waals surface area contributed by atoms with Crippen LogP contribution < -0.4 is 10.2 Å². The summed E-state index contributed by atoms with van der Waals surface area (Å²) in [7, 11) is 0. The summed E-state index contributed by atoms with van der Waals surface area (Å²) in [4.78, 5) is 26.7. The van der Waals surface area contributed by atoms with Gasteiger partial charge in [0.15, 0.2) is 5.82 Å². The lowest BCUT2D eigenvalue weighted by molar-refractivity contribution is -0.120. The molecule has 3 aliphatic rings. The van der Waals surface area contributed by atoms with Crippen molar-refractivity contribution in [1.29, 1.82) is 0 Å². The minimum Gasteiger partial charge on any atom is -0.350 e. The number of benzene rings is 2. The van der Waals surface area contributed by atoms with Gasteiger partial charge in [0.25, 0.3) is 5.91 Å². The summed E-state index contributed by atoms with van der Waals surface area (Å²) in [6, 6.07) is 12.8. The number of fused-ring (bicyclic) bond motifs is 3. The molecule has 2 saturated carbocycles. The Morgan fingerprint density at radius 3 is 2.77 bits per heavy atom. The molecule has 3 fully saturated rings. The van der Waals surface area contributed by atoms with Gasteiger partial charge in [-0.25, -0.2) is 0 Å². The topological polar surface area (TPSA) is 75.2 Å². The number of hydrogen-bond donors (Lipinski definition) is 1. The van der Waals surface area contributed by atoms with Crippen molar-refractivity contribution < 1.29 is 9.59 Å². The van der Waals surface area contributed by atoms with Gasteiger partial charge in [0.2, 0.25) is 0 Å². The lowest BCUT2D eigenvalue weighted by atomic mass is 9.96. The predicted octanol–water partition coefficient (Wildman–Crippen LogP) is 3.67. The van der Waals surface area contributed by atoms with E-state index >= 15 is 0 Å². The Bertz CT molecular complexity index is 1230. The van der Waals surface area contributed by atoms with E-state index in [0.29, 0.717) is 23.8 Å². The van der Waals surface area contributed by atoms with E-state index in [1.54, 1.807) is 6.20 Å². The van der Waals surface area contributed by atoms with Gasteiger partial charge in [0.1, 0.15) is 5.78 Å². The van der Waals surface area contributed by atoms with Crippen molar-refractivity contribution in [3.05, 3.63) is 53.7 Å². The number of nitrogens with zero attached hydrogens (tertiary/aromatic N) is 3. The van der Waals surface area contributed by atoms with Crippen molar-refractivity contribution in [1.82, 2.24) is 15.5 Å². The maximum Gasteiger partial charge on any atom is 0.251 e. The average molecular weight is 412 g/mol. The second kappa shape index (κ2) is 6.87. The van der Waals surface area contributed by atoms with Gasteiger partial charge in [-0.3, -0.25) is 9.59 Å². The number of carbonyl (C=O) groups excluding carboxylic acids is 2. The lowest BCUT2D eigenvalue weighted by Crippen LogP contribution is -2.36. The maximum atomic E-state index is 12.5. The molecule has 1 aliphatic heterocycles. The first-order valence-corrected chi connectivity index (χ1v) is 11.0. The summed E-state index contributed by atoms with van der Waals surface area (Å²) < 4.78 is 0. The number of ketones is 1. The number of nitrogens with one attached hydrogen (secondary N) is 1. The van der Waals surface area contributed by atoms with Crippen molar-refractivity contribution in [2.45, 2.75) is 44.7 Å². The fraction of sp³-hybridized carbons (Fsp3) is 0.360. The standard InChI is InChI=1S/C25H24N4O2/c1-14-2-3-16(25(31)27-19-5-6-19)10-22(14)15-4-7-21-17(8-15)12-26-28-24(21)29-13-18-9-20(29)11-23(18)30/h2-4,7-8,10,12,18-20H,5-6,9,11,13H2,1H3,(H,27,31)/t18-,20-/m0/s1. The normalized spacial score (nSPS) is 22.4. The first kappa shape index (κ1) is 18.5. The number of hydrogen-bond acceptors (Lipinski definition) is 5. The van der Waals surface area contributed by atoms with Gasteiger partial charge in [-0.05, 0) is 67.1 Å². The van der Waals surface area contributed by atoms with Crippen LogP contribution in [0.5, 0.6) is 0 Å². The first-order chi connectivity index (χ1) is 15.1. The maximum absolute atomic E-state index is 12.5. The molecule has 1 saturated heterocycles. The first-order valence-electron chi connectivity index (χ1n) is 11.0. The van der Waals surface area contributed by atoms with Crippen LogP contribution in [0.1, 0.15) is 41.6 Å². The number of piperidine rings is 1. The zero-order chi connectivity index (χ0) is 21.1. The fourth-order valence-corrected chi connectivity index (χ4v) is 5.02. The number of aryl methyl sites for hydroxylation is 1. The van der Waals surface area contributed by atoms with E-state index in [9.17, 15) is 9.59 Å². The van der Waals surface area contributed by atoms with Crippen molar-refractivity contribution in [3.8, 4) is 11.1 Å². The fourth-order valence-electron chi connectivity index (χ4n) is 5.02. The quantitative estimate of drug-likeness (QED) is 0.708. The van der Waals surface area contributed by atoms with Crippen molar-refractivity contribution in [3.63, 3.8) is 0 Å². The highest BCUT2D eigenvalue weighted by Gasteiger charge is 2.44. The molecule has 6 heteroatoms. The largest absolute Gasteiger partial charge is 0.350 e. The van der Waals surface area contributed by atoms with E-state index in [1.165, 1.54) is 0 Å². The SMILES string of the molecule is Cc1ccc(C(=O)NC2CC2)cc1-c1ccc2c(N3C[C@@H]4C[C@H]3CC4=O)nncc2c1. The van der Waals surface area contributed by atoms with Crippen LogP contribution in [0.2, 0.25) is 0 Å². The molecular formula is C25H24N4O2. The van der Waals surface area contributed by atoms with Crippen LogP contribution >= 0.6 is 0 Å². The Balaban J connectivity index is 1.36. The van der Waals surface area contributed by atoms with Crippen LogP contribution in [0.25, 0.3) is 21.9 Å². The summed E-state index contributed by atoms with van der Waals surface area (Å²) >= 11 is 0. The highest BCUT2D eigenvalue weighted by molar-refractivity contribution is 5.98. The Morgan fingerprint density at radius 2 is 2.03 bits per heavy atom. The predicted molar refractivity (Wildman–Crippen MR) is 119 cm³/mol. The molecule has 6 nitrogen and oxygen atoms in total. The van der Waals surface area contributed by atoms with E-state index < -0.39 is 0 Å². The van der Waals surface area contributed by atoms with E-state index in [1.807, 2.05) is 18.2 Å². The Hall–Kier alpha value is -3.28. The number of aromatic nitrogens is 2. The number of rotatable bonds is 4. The summed E-state index contributed by atoms with van der Waals surface area (Å²) in [6.07, 6.45) is 5.50. The molecule has 0 radical (unpaired) electrons. The molecule has 0 unspecified atom stereocenters. The second-order valence-corrected chi connectivity index (χ2v) is 9.16. The molecule has 2 heterocycles. The number of amides is 1. The Labute approximate surface area is 180 Å². The van der Waals surface area contributed by atoms with Crippen LogP contribution in [0.3, 0.4) is 0 Å². The van der Waals surface area contributed by atoms with E-state index in [0.717, 1.165) is 59.1 Å². The van der Waals surface area contributed by atoms with Crippen LogP contribution in [0, 0.1) is 12.8 Å². The summed E-state index contributed by atoms with van der Waals surface area (Å²) in [6.45, 7) is 2.81. The van der Waals surface area contributed by atoms with E-state index in [4.69, 9.17) is 0 Å². The molecule has 2 aliphatic carbocycles. The zero-order valence-electron chi connectivity index (χ0n) is 17.5. The molecule has 1 amide bonds. The monoisotopic (exact) mass is 412 g/mol. The van der Waals surface area contributed by atoms with Crippen LogP contribution in [-0.2, 0) is 4.79 Å². The molecule has 1 aromatic heterocycles.